The molecule has 0 unspecified atom stereocenters. The molecule has 0 atom stereocenters. The molecule has 192 valence electrons. The van der Waals surface area contributed by atoms with Gasteiger partial charge in [0.1, 0.15) is 5.52 Å². The minimum atomic E-state index is -0.627. The van der Waals surface area contributed by atoms with Crippen LogP contribution in [0.2, 0.25) is 0 Å². The molecule has 1 aliphatic rings. The van der Waals surface area contributed by atoms with E-state index in [2.05, 4.69) is 20.7 Å². The molecule has 36 heavy (non-hydrogen) atoms. The first-order valence-corrected chi connectivity index (χ1v) is 13.0. The number of ether oxygens (including phenoxy) is 1. The molecule has 12 heteroatoms. The molecule has 1 aliphatic carbocycles. The smallest absolute Gasteiger partial charge is 0.408 e. The zero-order chi connectivity index (χ0) is 26.0. The lowest BCUT2D eigenvalue weighted by Crippen LogP contribution is -2.44. The Balaban J connectivity index is 1.47. The number of nitrogens with zero attached hydrogens (tertiary/aromatic N) is 4. The van der Waals surface area contributed by atoms with Crippen LogP contribution >= 0.6 is 11.8 Å². The third kappa shape index (κ3) is 5.69. The average molecular weight is 514 g/mol. The van der Waals surface area contributed by atoms with Crippen LogP contribution in [0.25, 0.3) is 21.8 Å². The molecule has 4 rings (SSSR count). The molecular formula is C24H31N7O4S. The van der Waals surface area contributed by atoms with Gasteiger partial charge in [-0.3, -0.25) is 14.3 Å². The molecule has 0 radical (unpaired) electrons. The first-order chi connectivity index (χ1) is 17.1. The molecular weight excluding hydrogens is 482 g/mol. The third-order valence-electron chi connectivity index (χ3n) is 6.03. The Bertz CT molecular complexity index is 1310. The van der Waals surface area contributed by atoms with Crippen LogP contribution in [0.4, 0.5) is 4.79 Å². The SMILES string of the molecule is CSc1ncc2ccc3c(C(N)=O)nn(C4CCC(NC(=O)COC(=O)NC(C)(C)C)CC4)c3c2n1. The predicted molar refractivity (Wildman–Crippen MR) is 137 cm³/mol. The number of rotatable bonds is 6. The van der Waals surface area contributed by atoms with Crippen LogP contribution in [0.15, 0.2) is 23.5 Å². The van der Waals surface area contributed by atoms with Gasteiger partial charge in [-0.2, -0.15) is 5.10 Å². The van der Waals surface area contributed by atoms with Gasteiger partial charge in [0.25, 0.3) is 11.8 Å². The van der Waals surface area contributed by atoms with Crippen LogP contribution in [0.3, 0.4) is 0 Å². The van der Waals surface area contributed by atoms with E-state index in [9.17, 15) is 14.4 Å². The summed E-state index contributed by atoms with van der Waals surface area (Å²) in [5.41, 5.74) is 6.92. The number of aromatic nitrogens is 4. The van der Waals surface area contributed by atoms with Gasteiger partial charge < -0.3 is 21.1 Å². The summed E-state index contributed by atoms with van der Waals surface area (Å²) < 4.78 is 6.88. The van der Waals surface area contributed by atoms with Crippen molar-refractivity contribution in [1.29, 1.82) is 0 Å². The molecule has 0 spiro atoms. The highest BCUT2D eigenvalue weighted by Gasteiger charge is 2.28. The van der Waals surface area contributed by atoms with Gasteiger partial charge in [0.05, 0.1) is 11.6 Å². The van der Waals surface area contributed by atoms with E-state index in [0.29, 0.717) is 23.4 Å². The highest BCUT2D eigenvalue weighted by atomic mass is 32.2. The molecule has 11 nitrogen and oxygen atoms in total. The fourth-order valence-corrected chi connectivity index (χ4v) is 4.79. The maximum atomic E-state index is 12.3. The fraction of sp³-hybridized carbons (Fsp3) is 0.500. The number of nitrogens with one attached hydrogen (secondary N) is 2. The van der Waals surface area contributed by atoms with Crippen molar-refractivity contribution in [3.8, 4) is 0 Å². The van der Waals surface area contributed by atoms with Crippen molar-refractivity contribution in [2.75, 3.05) is 12.9 Å². The summed E-state index contributed by atoms with van der Waals surface area (Å²) in [4.78, 5) is 45.3. The van der Waals surface area contributed by atoms with E-state index < -0.39 is 17.5 Å². The molecule has 2 aromatic heterocycles. The lowest BCUT2D eigenvalue weighted by Gasteiger charge is -2.29. The number of hydrogen-bond acceptors (Lipinski definition) is 8. The van der Waals surface area contributed by atoms with E-state index in [-0.39, 0.29) is 30.3 Å². The first-order valence-electron chi connectivity index (χ1n) is 11.8. The van der Waals surface area contributed by atoms with Gasteiger partial charge in [-0.15, -0.1) is 0 Å². The van der Waals surface area contributed by atoms with Gasteiger partial charge in [-0.25, -0.2) is 14.8 Å². The molecule has 0 bridgehead atoms. The molecule has 2 heterocycles. The normalized spacial score (nSPS) is 18.2. The largest absolute Gasteiger partial charge is 0.439 e. The van der Waals surface area contributed by atoms with Crippen LogP contribution in [0.5, 0.6) is 0 Å². The van der Waals surface area contributed by atoms with Crippen LogP contribution < -0.4 is 16.4 Å². The monoisotopic (exact) mass is 513 g/mol. The lowest BCUT2D eigenvalue weighted by atomic mass is 9.91. The van der Waals surface area contributed by atoms with Crippen molar-refractivity contribution in [2.45, 2.75) is 69.2 Å². The van der Waals surface area contributed by atoms with Crippen molar-refractivity contribution in [1.82, 2.24) is 30.4 Å². The number of alkyl carbamates (subject to hydrolysis) is 1. The van der Waals surface area contributed by atoms with Crippen LogP contribution in [-0.2, 0) is 9.53 Å². The fourth-order valence-electron chi connectivity index (χ4n) is 4.45. The maximum absolute atomic E-state index is 12.3. The van der Waals surface area contributed by atoms with Crippen LogP contribution in [-0.4, -0.2) is 62.1 Å². The maximum Gasteiger partial charge on any atom is 0.408 e. The summed E-state index contributed by atoms with van der Waals surface area (Å²) >= 11 is 1.44. The lowest BCUT2D eigenvalue weighted by molar-refractivity contribution is -0.125. The molecule has 0 aliphatic heterocycles. The number of thioether (sulfide) groups is 1. The third-order valence-corrected chi connectivity index (χ3v) is 6.59. The van der Waals surface area contributed by atoms with Gasteiger partial charge >= 0.3 is 6.09 Å². The van der Waals surface area contributed by atoms with Gasteiger partial charge in [0.2, 0.25) is 0 Å². The number of hydrogen-bond donors (Lipinski definition) is 3. The highest BCUT2D eigenvalue weighted by Crippen LogP contribution is 2.35. The second-order valence-corrected chi connectivity index (χ2v) is 10.7. The zero-order valence-electron chi connectivity index (χ0n) is 20.8. The molecule has 4 N–H and O–H groups in total. The summed E-state index contributed by atoms with van der Waals surface area (Å²) in [6.07, 6.45) is 5.96. The number of primary amides is 1. The van der Waals surface area contributed by atoms with E-state index in [1.54, 1.807) is 6.20 Å². The van der Waals surface area contributed by atoms with E-state index in [1.807, 2.05) is 43.8 Å². The average Bonchev–Trinajstić information content (AvgIpc) is 3.22. The Kier molecular flexibility index (Phi) is 7.34. The number of benzene rings is 1. The topological polar surface area (TPSA) is 154 Å². The van der Waals surface area contributed by atoms with Crippen molar-refractivity contribution in [3.05, 3.63) is 24.0 Å². The van der Waals surface area contributed by atoms with Crippen molar-refractivity contribution in [2.24, 2.45) is 5.73 Å². The number of carbonyl (C=O) groups is 3. The Hall–Kier alpha value is -3.41. The number of carbonyl (C=O) groups excluding carboxylic acids is 3. The minimum absolute atomic E-state index is 0.0147. The number of amides is 3. The standard InChI is InChI=1S/C24H31N7O4S/c1-24(2,3)29-23(34)35-12-17(32)27-14-6-8-15(9-7-14)31-20-16(19(30-31)21(25)33)10-5-13-11-26-22(36-4)28-18(13)20/h5,10-11,14-15H,6-9,12H2,1-4H3,(H2,25,33)(H,27,32)(H,29,34). The molecule has 1 aromatic carbocycles. The minimum Gasteiger partial charge on any atom is -0.439 e. The molecule has 0 saturated heterocycles. The molecule has 1 fully saturated rings. The predicted octanol–water partition coefficient (Wildman–Crippen LogP) is 2.92. The number of nitrogens with two attached hydrogens (primary N) is 1. The Labute approximate surface area is 212 Å². The van der Waals surface area contributed by atoms with Crippen LogP contribution in [0, 0.1) is 0 Å². The Morgan fingerprint density at radius 1 is 1.19 bits per heavy atom. The quantitative estimate of drug-likeness (QED) is 0.336. The summed E-state index contributed by atoms with van der Waals surface area (Å²) in [5, 5.41) is 12.4. The van der Waals surface area contributed by atoms with E-state index in [0.717, 1.165) is 29.3 Å². The summed E-state index contributed by atoms with van der Waals surface area (Å²) in [7, 11) is 0. The molecule has 3 amide bonds. The first kappa shape index (κ1) is 25.7. The second kappa shape index (κ2) is 10.3. The highest BCUT2D eigenvalue weighted by molar-refractivity contribution is 7.98. The van der Waals surface area contributed by atoms with Gasteiger partial charge in [0.15, 0.2) is 17.5 Å². The van der Waals surface area contributed by atoms with Crippen LogP contribution in [0.1, 0.15) is 63.0 Å². The van der Waals surface area contributed by atoms with Crippen molar-refractivity contribution < 1.29 is 19.1 Å². The molecule has 3 aromatic rings. The van der Waals surface area contributed by atoms with E-state index in [4.69, 9.17) is 15.5 Å². The zero-order valence-corrected chi connectivity index (χ0v) is 21.6. The van der Waals surface area contributed by atoms with E-state index in [1.165, 1.54) is 11.8 Å². The summed E-state index contributed by atoms with van der Waals surface area (Å²) in [6.45, 7) is 5.16. The second-order valence-electron chi connectivity index (χ2n) is 9.94. The Morgan fingerprint density at radius 2 is 1.92 bits per heavy atom. The van der Waals surface area contributed by atoms with Crippen molar-refractivity contribution in [3.63, 3.8) is 0 Å². The van der Waals surface area contributed by atoms with Gasteiger partial charge in [0, 0.05) is 28.6 Å². The number of fused-ring (bicyclic) bond motifs is 3. The van der Waals surface area contributed by atoms with Gasteiger partial charge in [-0.05, 0) is 58.8 Å². The Morgan fingerprint density at radius 3 is 2.56 bits per heavy atom. The van der Waals surface area contributed by atoms with E-state index >= 15 is 0 Å². The molecule has 1 saturated carbocycles. The summed E-state index contributed by atoms with van der Waals surface area (Å²) in [5.74, 6) is -0.927. The summed E-state index contributed by atoms with van der Waals surface area (Å²) in [6, 6.07) is 3.69. The van der Waals surface area contributed by atoms with Gasteiger partial charge in [-0.1, -0.05) is 17.8 Å². The van der Waals surface area contributed by atoms with Crippen molar-refractivity contribution >= 4 is 51.5 Å².